The first-order chi connectivity index (χ1) is 16.3. The van der Waals surface area contributed by atoms with Crippen LogP contribution in [-0.4, -0.2) is 79.3 Å². The van der Waals surface area contributed by atoms with Crippen molar-refractivity contribution in [1.29, 1.82) is 0 Å². The van der Waals surface area contributed by atoms with Crippen molar-refractivity contribution in [2.24, 2.45) is 11.8 Å². The molecule has 0 saturated carbocycles. The summed E-state index contributed by atoms with van der Waals surface area (Å²) in [5, 5.41) is 11.9. The summed E-state index contributed by atoms with van der Waals surface area (Å²) in [5.41, 5.74) is 4.54. The van der Waals surface area contributed by atoms with E-state index >= 15 is 0 Å². The molecule has 1 saturated heterocycles. The van der Waals surface area contributed by atoms with E-state index in [1.807, 2.05) is 43.3 Å². The number of carbonyl (C=O) groups excluding carboxylic acids is 2. The summed E-state index contributed by atoms with van der Waals surface area (Å²) >= 11 is 0. The Balaban J connectivity index is 1.38. The third-order valence-corrected chi connectivity index (χ3v) is 6.80. The highest BCUT2D eigenvalue weighted by Crippen LogP contribution is 2.44. The number of nitrogens with zero attached hydrogens (tertiary/aromatic N) is 2. The van der Waals surface area contributed by atoms with Gasteiger partial charge in [0.1, 0.15) is 12.6 Å². The van der Waals surface area contributed by atoms with Gasteiger partial charge in [0, 0.05) is 31.5 Å². The second kappa shape index (κ2) is 9.85. The lowest BCUT2D eigenvalue weighted by Gasteiger charge is -2.43. The van der Waals surface area contributed by atoms with Gasteiger partial charge in [0.2, 0.25) is 5.91 Å². The molecule has 1 aliphatic carbocycles. The van der Waals surface area contributed by atoms with Crippen LogP contribution in [0.1, 0.15) is 24.0 Å². The molecule has 2 aliphatic rings. The van der Waals surface area contributed by atoms with E-state index in [0.29, 0.717) is 19.6 Å². The second-order valence-electron chi connectivity index (χ2n) is 9.41. The van der Waals surface area contributed by atoms with Crippen molar-refractivity contribution >= 4 is 18.0 Å². The summed E-state index contributed by atoms with van der Waals surface area (Å²) in [4.78, 5) is 40.3. The number of carboxylic acid groups (broad SMARTS) is 1. The summed E-state index contributed by atoms with van der Waals surface area (Å²) in [7, 11) is 3.65. The van der Waals surface area contributed by atoms with E-state index in [9.17, 15) is 19.5 Å². The van der Waals surface area contributed by atoms with Crippen LogP contribution in [0.2, 0.25) is 0 Å². The number of likely N-dealkylation sites (tertiary alicyclic amines) is 1. The maximum atomic E-state index is 13.0. The van der Waals surface area contributed by atoms with Crippen LogP contribution < -0.4 is 5.32 Å². The highest BCUT2D eigenvalue weighted by Gasteiger charge is 2.40. The molecule has 1 aliphatic heterocycles. The summed E-state index contributed by atoms with van der Waals surface area (Å²) in [6.07, 6.45) is -0.641. The van der Waals surface area contributed by atoms with E-state index in [0.717, 1.165) is 22.3 Å². The number of carboxylic acids is 1. The van der Waals surface area contributed by atoms with Crippen LogP contribution in [0.3, 0.4) is 0 Å². The number of hydrogen-bond donors (Lipinski definition) is 2. The Morgan fingerprint density at radius 3 is 2.15 bits per heavy atom. The summed E-state index contributed by atoms with van der Waals surface area (Å²) < 4.78 is 5.61. The summed E-state index contributed by atoms with van der Waals surface area (Å²) in [5.74, 6) is -1.73. The van der Waals surface area contributed by atoms with E-state index in [1.165, 1.54) is 0 Å². The number of benzene rings is 2. The number of rotatable bonds is 8. The minimum absolute atomic E-state index is 0.0604. The van der Waals surface area contributed by atoms with Crippen LogP contribution in [-0.2, 0) is 14.3 Å². The highest BCUT2D eigenvalue weighted by atomic mass is 16.5. The first-order valence-corrected chi connectivity index (χ1v) is 11.5. The SMILES string of the molecule is CC(C(=O)O)C1CN(C(=O)[C@H](CN(C)C)NC(=O)OCC2c3ccccc3-c3ccccc32)C1. The van der Waals surface area contributed by atoms with Crippen molar-refractivity contribution in [3.8, 4) is 11.1 Å². The number of amides is 2. The third-order valence-electron chi connectivity index (χ3n) is 6.80. The molecule has 2 aromatic carbocycles. The van der Waals surface area contributed by atoms with Gasteiger partial charge in [-0.05, 0) is 36.3 Å². The molecule has 4 rings (SSSR count). The molecule has 1 heterocycles. The number of carbonyl (C=O) groups is 3. The van der Waals surface area contributed by atoms with Gasteiger partial charge < -0.3 is 25.0 Å². The molecule has 2 atom stereocenters. The predicted octanol–water partition coefficient (Wildman–Crippen LogP) is 2.63. The van der Waals surface area contributed by atoms with E-state index in [-0.39, 0.29) is 24.3 Å². The molecule has 2 N–H and O–H groups in total. The van der Waals surface area contributed by atoms with E-state index in [1.54, 1.807) is 11.8 Å². The van der Waals surface area contributed by atoms with Crippen LogP contribution in [0.25, 0.3) is 11.1 Å². The van der Waals surface area contributed by atoms with Gasteiger partial charge in [0.15, 0.2) is 0 Å². The van der Waals surface area contributed by atoms with Gasteiger partial charge in [-0.3, -0.25) is 9.59 Å². The van der Waals surface area contributed by atoms with E-state index < -0.39 is 24.0 Å². The quantitative estimate of drug-likeness (QED) is 0.622. The fraction of sp³-hybridized carbons (Fsp3) is 0.423. The first kappa shape index (κ1) is 23.8. The molecule has 1 fully saturated rings. The van der Waals surface area contributed by atoms with Crippen LogP contribution in [0.15, 0.2) is 48.5 Å². The smallest absolute Gasteiger partial charge is 0.407 e. The number of ether oxygens (including phenoxy) is 1. The van der Waals surface area contributed by atoms with Crippen molar-refractivity contribution in [1.82, 2.24) is 15.1 Å². The number of hydrogen-bond acceptors (Lipinski definition) is 5. The number of nitrogens with one attached hydrogen (secondary N) is 1. The Morgan fingerprint density at radius 1 is 1.06 bits per heavy atom. The standard InChI is InChI=1S/C26H31N3O5/c1-16(25(31)32)17-12-29(13-17)24(30)23(14-28(2)3)27-26(33)34-15-22-20-10-6-4-8-18(20)19-9-5-7-11-21(19)22/h4-11,16-17,22-23H,12-15H2,1-3H3,(H,27,33)(H,31,32)/t16?,23-/m0/s1. The molecule has 0 radical (unpaired) electrons. The fourth-order valence-corrected chi connectivity index (χ4v) is 4.76. The van der Waals surface area contributed by atoms with Crippen molar-refractivity contribution in [3.63, 3.8) is 0 Å². The number of fused-ring (bicyclic) bond motifs is 3. The van der Waals surface area contributed by atoms with Gasteiger partial charge >= 0.3 is 12.1 Å². The summed E-state index contributed by atoms with van der Waals surface area (Å²) in [6, 6.07) is 15.4. The largest absolute Gasteiger partial charge is 0.481 e. The van der Waals surface area contributed by atoms with Gasteiger partial charge in [0.25, 0.3) is 0 Å². The first-order valence-electron chi connectivity index (χ1n) is 11.5. The highest BCUT2D eigenvalue weighted by molar-refractivity contribution is 5.87. The van der Waals surface area contributed by atoms with Crippen LogP contribution in [0.5, 0.6) is 0 Å². The number of aliphatic carboxylic acids is 1. The Bertz CT molecular complexity index is 1030. The van der Waals surface area contributed by atoms with Crippen molar-refractivity contribution in [3.05, 3.63) is 59.7 Å². The Hall–Kier alpha value is -3.39. The molecule has 2 amide bonds. The molecule has 0 spiro atoms. The predicted molar refractivity (Wildman–Crippen MR) is 127 cm³/mol. The zero-order chi connectivity index (χ0) is 24.4. The molecule has 34 heavy (non-hydrogen) atoms. The molecule has 1 unspecified atom stereocenters. The molecular formula is C26H31N3O5. The molecule has 180 valence electrons. The fourth-order valence-electron chi connectivity index (χ4n) is 4.76. The molecular weight excluding hydrogens is 434 g/mol. The van der Waals surface area contributed by atoms with Gasteiger partial charge in [0.05, 0.1) is 5.92 Å². The Morgan fingerprint density at radius 2 is 1.62 bits per heavy atom. The minimum Gasteiger partial charge on any atom is -0.481 e. The third kappa shape index (κ3) is 4.77. The van der Waals surface area contributed by atoms with Crippen LogP contribution in [0, 0.1) is 11.8 Å². The molecule has 8 heteroatoms. The van der Waals surface area contributed by atoms with Crippen molar-refractivity contribution in [2.75, 3.05) is 40.3 Å². The zero-order valence-corrected chi connectivity index (χ0v) is 19.7. The average molecular weight is 466 g/mol. The Labute approximate surface area is 199 Å². The minimum atomic E-state index is -0.862. The molecule has 0 aromatic heterocycles. The number of alkyl carbamates (subject to hydrolysis) is 1. The lowest BCUT2D eigenvalue weighted by molar-refractivity contribution is -0.151. The van der Waals surface area contributed by atoms with Crippen LogP contribution in [0.4, 0.5) is 4.79 Å². The average Bonchev–Trinajstić information content (AvgIpc) is 3.09. The lowest BCUT2D eigenvalue weighted by atomic mass is 9.86. The lowest BCUT2D eigenvalue weighted by Crippen LogP contribution is -2.60. The number of likely N-dealkylation sites (N-methyl/N-ethyl adjacent to an activating group) is 1. The maximum Gasteiger partial charge on any atom is 0.407 e. The van der Waals surface area contributed by atoms with Gasteiger partial charge in [-0.1, -0.05) is 55.5 Å². The van der Waals surface area contributed by atoms with Crippen molar-refractivity contribution in [2.45, 2.75) is 18.9 Å². The molecule has 0 bridgehead atoms. The Kier molecular flexibility index (Phi) is 6.88. The monoisotopic (exact) mass is 465 g/mol. The molecule has 8 nitrogen and oxygen atoms in total. The van der Waals surface area contributed by atoms with Crippen molar-refractivity contribution < 1.29 is 24.2 Å². The van der Waals surface area contributed by atoms with Gasteiger partial charge in [-0.25, -0.2) is 4.79 Å². The van der Waals surface area contributed by atoms with Gasteiger partial charge in [-0.2, -0.15) is 0 Å². The maximum absolute atomic E-state index is 13.0. The summed E-state index contributed by atoms with van der Waals surface area (Å²) in [6.45, 7) is 2.90. The topological polar surface area (TPSA) is 99.2 Å². The van der Waals surface area contributed by atoms with E-state index in [4.69, 9.17) is 4.74 Å². The second-order valence-corrected chi connectivity index (χ2v) is 9.41. The molecule has 2 aromatic rings. The van der Waals surface area contributed by atoms with Gasteiger partial charge in [-0.15, -0.1) is 0 Å². The normalized spacial score (nSPS) is 16.9. The van der Waals surface area contributed by atoms with Crippen LogP contribution >= 0.6 is 0 Å². The van der Waals surface area contributed by atoms with E-state index in [2.05, 4.69) is 29.6 Å². The zero-order valence-electron chi connectivity index (χ0n) is 19.7.